The van der Waals surface area contributed by atoms with Gasteiger partial charge in [0.15, 0.2) is 5.58 Å². The van der Waals surface area contributed by atoms with Gasteiger partial charge in [0.1, 0.15) is 5.52 Å². The Morgan fingerprint density at radius 1 is 1.19 bits per heavy atom. The molecule has 0 saturated carbocycles. The lowest BCUT2D eigenvalue weighted by Gasteiger charge is -2.25. The van der Waals surface area contributed by atoms with E-state index in [9.17, 15) is 13.2 Å². The highest BCUT2D eigenvalue weighted by Gasteiger charge is 2.31. The monoisotopic (exact) mass is 473 g/mol. The third-order valence-electron chi connectivity index (χ3n) is 5.74. The number of aromatic nitrogens is 1. The van der Waals surface area contributed by atoms with Gasteiger partial charge >= 0.3 is 0 Å². The van der Waals surface area contributed by atoms with Crippen molar-refractivity contribution in [3.8, 4) is 0 Å². The minimum absolute atomic E-state index is 0.00899. The summed E-state index contributed by atoms with van der Waals surface area (Å²) >= 11 is 1.21. The summed E-state index contributed by atoms with van der Waals surface area (Å²) in [6.07, 6.45) is 0.843. The van der Waals surface area contributed by atoms with Crippen molar-refractivity contribution in [3.05, 3.63) is 48.0 Å². The van der Waals surface area contributed by atoms with E-state index in [4.69, 9.17) is 9.15 Å². The van der Waals surface area contributed by atoms with E-state index >= 15 is 0 Å². The van der Waals surface area contributed by atoms with Gasteiger partial charge in [0.05, 0.1) is 23.9 Å². The number of hydrogen-bond acceptors (Lipinski definition) is 7. The van der Waals surface area contributed by atoms with E-state index in [0.29, 0.717) is 42.6 Å². The summed E-state index contributed by atoms with van der Waals surface area (Å²) in [6.45, 7) is 3.49. The summed E-state index contributed by atoms with van der Waals surface area (Å²) in [7, 11) is -3.61. The van der Waals surface area contributed by atoms with E-state index in [1.807, 2.05) is 30.0 Å². The van der Waals surface area contributed by atoms with Gasteiger partial charge in [0, 0.05) is 24.8 Å². The van der Waals surface area contributed by atoms with Gasteiger partial charge in [0.25, 0.3) is 5.22 Å². The van der Waals surface area contributed by atoms with Crippen LogP contribution in [-0.4, -0.2) is 61.7 Å². The van der Waals surface area contributed by atoms with Crippen molar-refractivity contribution in [1.29, 1.82) is 0 Å². The van der Waals surface area contributed by atoms with Gasteiger partial charge in [-0.25, -0.2) is 13.4 Å². The van der Waals surface area contributed by atoms with Crippen LogP contribution in [0.3, 0.4) is 0 Å². The number of fused-ring (bicyclic) bond motifs is 2. The molecule has 0 radical (unpaired) electrons. The van der Waals surface area contributed by atoms with Crippen molar-refractivity contribution < 1.29 is 22.4 Å². The molecule has 2 aliphatic rings. The number of nitrogens with zero attached hydrogens (tertiary/aromatic N) is 3. The number of para-hydroxylation sites is 1. The first kappa shape index (κ1) is 21.4. The molecule has 0 unspecified atom stereocenters. The number of carbonyl (C=O) groups excluding carboxylic acids is 1. The molecule has 1 saturated heterocycles. The Labute approximate surface area is 190 Å². The Morgan fingerprint density at radius 3 is 2.78 bits per heavy atom. The second kappa shape index (κ2) is 8.51. The molecule has 0 bridgehead atoms. The normalized spacial score (nSPS) is 19.4. The smallest absolute Gasteiger partial charge is 0.257 e. The first-order valence-electron chi connectivity index (χ1n) is 10.4. The maximum Gasteiger partial charge on any atom is 0.257 e. The SMILES string of the molecule is C[C@@H]1Cc2ccccc2N1C(=O)CSc1nc2cc(S(=O)(=O)N3CCOCC3)ccc2o1. The molecule has 2 aromatic carbocycles. The molecule has 2 aliphatic heterocycles. The zero-order valence-corrected chi connectivity index (χ0v) is 19.2. The summed E-state index contributed by atoms with van der Waals surface area (Å²) in [5.74, 6) is 0.176. The maximum atomic E-state index is 12.9. The van der Waals surface area contributed by atoms with Crippen LogP contribution in [0, 0.1) is 0 Å². The molecule has 10 heteroatoms. The number of oxazole rings is 1. The predicted octanol–water partition coefficient (Wildman–Crippen LogP) is 2.92. The van der Waals surface area contributed by atoms with E-state index in [1.54, 1.807) is 6.07 Å². The minimum atomic E-state index is -3.61. The number of amides is 1. The number of anilines is 1. The highest BCUT2D eigenvalue weighted by molar-refractivity contribution is 7.99. The molecular weight excluding hydrogens is 450 g/mol. The average molecular weight is 474 g/mol. The third-order valence-corrected chi connectivity index (χ3v) is 8.45. The first-order chi connectivity index (χ1) is 15.4. The Hall–Kier alpha value is -2.40. The summed E-state index contributed by atoms with van der Waals surface area (Å²) in [4.78, 5) is 19.3. The lowest BCUT2D eigenvalue weighted by atomic mass is 10.1. The summed E-state index contributed by atoms with van der Waals surface area (Å²) < 4.78 is 38.2. The van der Waals surface area contributed by atoms with Crippen molar-refractivity contribution in [2.75, 3.05) is 37.0 Å². The highest BCUT2D eigenvalue weighted by Crippen LogP contribution is 2.33. The standard InChI is InChI=1S/C22H23N3O5S2/c1-15-12-16-4-2-3-5-19(16)25(15)21(26)14-31-22-23-18-13-17(6-7-20(18)30-22)32(27,28)24-8-10-29-11-9-24/h2-7,13,15H,8-12,14H2,1H3/t15-/m1/s1. The van der Waals surface area contributed by atoms with Gasteiger partial charge in [-0.1, -0.05) is 30.0 Å². The minimum Gasteiger partial charge on any atom is -0.431 e. The predicted molar refractivity (Wildman–Crippen MR) is 121 cm³/mol. The molecule has 168 valence electrons. The lowest BCUT2D eigenvalue weighted by Crippen LogP contribution is -2.40. The van der Waals surface area contributed by atoms with Crippen molar-refractivity contribution >= 4 is 44.5 Å². The zero-order valence-electron chi connectivity index (χ0n) is 17.6. The molecule has 32 heavy (non-hydrogen) atoms. The molecule has 1 aromatic heterocycles. The molecule has 0 N–H and O–H groups in total. The number of hydrogen-bond donors (Lipinski definition) is 0. The van der Waals surface area contributed by atoms with Gasteiger partial charge in [-0.05, 0) is 43.2 Å². The summed E-state index contributed by atoms with van der Waals surface area (Å²) in [6, 6.07) is 12.7. The van der Waals surface area contributed by atoms with Crippen LogP contribution in [0.1, 0.15) is 12.5 Å². The molecule has 3 aromatic rings. The Bertz CT molecular complexity index is 1270. The van der Waals surface area contributed by atoms with Crippen LogP contribution in [0.15, 0.2) is 57.0 Å². The topological polar surface area (TPSA) is 93.0 Å². The van der Waals surface area contributed by atoms with E-state index in [1.165, 1.54) is 33.8 Å². The van der Waals surface area contributed by atoms with Gasteiger partial charge in [0.2, 0.25) is 15.9 Å². The van der Waals surface area contributed by atoms with Crippen LogP contribution in [0.5, 0.6) is 0 Å². The number of benzene rings is 2. The molecular formula is C22H23N3O5S2. The first-order valence-corrected chi connectivity index (χ1v) is 12.9. The number of sulfonamides is 1. The maximum absolute atomic E-state index is 12.9. The molecule has 1 atom stereocenters. The number of carbonyl (C=O) groups is 1. The zero-order chi connectivity index (χ0) is 22.3. The van der Waals surface area contributed by atoms with Gasteiger partial charge in [-0.2, -0.15) is 4.31 Å². The second-order valence-corrected chi connectivity index (χ2v) is 10.7. The largest absolute Gasteiger partial charge is 0.431 e. The molecule has 3 heterocycles. The molecule has 0 spiro atoms. The highest BCUT2D eigenvalue weighted by atomic mass is 32.2. The fraction of sp³-hybridized carbons (Fsp3) is 0.364. The van der Waals surface area contributed by atoms with E-state index in [-0.39, 0.29) is 22.6 Å². The van der Waals surface area contributed by atoms with Gasteiger partial charge in [-0.3, -0.25) is 4.79 Å². The summed E-state index contributed by atoms with van der Waals surface area (Å²) in [5.41, 5.74) is 3.07. The van der Waals surface area contributed by atoms with Crippen molar-refractivity contribution in [2.45, 2.75) is 29.5 Å². The van der Waals surface area contributed by atoms with Crippen molar-refractivity contribution in [3.63, 3.8) is 0 Å². The average Bonchev–Trinajstić information content (AvgIpc) is 3.37. The van der Waals surface area contributed by atoms with Crippen LogP contribution >= 0.6 is 11.8 Å². The Kier molecular flexibility index (Phi) is 5.70. The quantitative estimate of drug-likeness (QED) is 0.526. The van der Waals surface area contributed by atoms with Crippen LogP contribution in [-0.2, 0) is 26.0 Å². The van der Waals surface area contributed by atoms with Gasteiger partial charge < -0.3 is 14.1 Å². The number of ether oxygens (including phenoxy) is 1. The van der Waals surface area contributed by atoms with Crippen molar-refractivity contribution in [1.82, 2.24) is 9.29 Å². The van der Waals surface area contributed by atoms with E-state index < -0.39 is 10.0 Å². The number of morpholine rings is 1. The Balaban J connectivity index is 1.31. The number of thioether (sulfide) groups is 1. The fourth-order valence-corrected chi connectivity index (χ4v) is 6.31. The molecule has 8 nitrogen and oxygen atoms in total. The summed E-state index contributed by atoms with van der Waals surface area (Å²) in [5, 5.41) is 0.342. The van der Waals surface area contributed by atoms with Crippen LogP contribution in [0.4, 0.5) is 5.69 Å². The number of rotatable bonds is 5. The van der Waals surface area contributed by atoms with Crippen molar-refractivity contribution in [2.24, 2.45) is 0 Å². The van der Waals surface area contributed by atoms with Crippen LogP contribution in [0.25, 0.3) is 11.1 Å². The fourth-order valence-electron chi connectivity index (χ4n) is 4.18. The van der Waals surface area contributed by atoms with E-state index in [0.717, 1.165) is 12.1 Å². The van der Waals surface area contributed by atoms with Crippen LogP contribution < -0.4 is 4.90 Å². The molecule has 0 aliphatic carbocycles. The molecule has 5 rings (SSSR count). The third kappa shape index (κ3) is 3.92. The van der Waals surface area contributed by atoms with E-state index in [2.05, 4.69) is 11.1 Å². The lowest BCUT2D eigenvalue weighted by molar-refractivity contribution is -0.116. The second-order valence-electron chi connectivity index (χ2n) is 7.86. The van der Waals surface area contributed by atoms with Gasteiger partial charge in [-0.15, -0.1) is 0 Å². The molecule has 1 fully saturated rings. The van der Waals surface area contributed by atoms with Crippen LogP contribution in [0.2, 0.25) is 0 Å². The molecule has 1 amide bonds. The Morgan fingerprint density at radius 2 is 1.97 bits per heavy atom.